The van der Waals surface area contributed by atoms with Gasteiger partial charge in [0.2, 0.25) is 5.91 Å². The number of nitrogens with one attached hydrogen (secondary N) is 2. The van der Waals surface area contributed by atoms with Crippen molar-refractivity contribution in [3.8, 4) is 0 Å². The lowest BCUT2D eigenvalue weighted by atomic mass is 10.4. The van der Waals surface area contributed by atoms with Gasteiger partial charge in [-0.2, -0.15) is 5.10 Å². The molecule has 14 heavy (non-hydrogen) atoms. The minimum Gasteiger partial charge on any atom is -0.478 e. The Hall–Kier alpha value is -1.63. The molecule has 1 heterocycles. The molecule has 0 atom stereocenters. The molecule has 0 spiro atoms. The highest BCUT2D eigenvalue weighted by molar-refractivity contribution is 9.10. The molecule has 0 bridgehead atoms. The van der Waals surface area contributed by atoms with Gasteiger partial charge in [0, 0.05) is 12.2 Å². The first kappa shape index (κ1) is 10.5. The maximum Gasteiger partial charge on any atom is 0.328 e. The molecule has 1 amide bonds. The van der Waals surface area contributed by atoms with E-state index < -0.39 is 11.9 Å². The molecule has 0 aromatic carbocycles. The fraction of sp³-hybridized carbons (Fsp3) is 0. The van der Waals surface area contributed by atoms with Crippen molar-refractivity contribution in [3.63, 3.8) is 0 Å². The minimum absolute atomic E-state index is 0.380. The standard InChI is InChI=1S/C7H6BrN3O3/c8-4-3-9-11-7(4)10-5(12)1-2-6(13)14/h1-3H,(H,13,14)(H2,9,10,11,12)/b2-1-. The van der Waals surface area contributed by atoms with Crippen molar-refractivity contribution in [3.05, 3.63) is 22.8 Å². The van der Waals surface area contributed by atoms with E-state index in [-0.39, 0.29) is 0 Å². The van der Waals surface area contributed by atoms with Gasteiger partial charge in [-0.15, -0.1) is 0 Å². The zero-order valence-electron chi connectivity index (χ0n) is 6.82. The van der Waals surface area contributed by atoms with E-state index >= 15 is 0 Å². The molecular weight excluding hydrogens is 254 g/mol. The van der Waals surface area contributed by atoms with Crippen LogP contribution in [0.25, 0.3) is 0 Å². The molecule has 0 aliphatic heterocycles. The fourth-order valence-corrected chi connectivity index (χ4v) is 0.961. The summed E-state index contributed by atoms with van der Waals surface area (Å²) in [5.41, 5.74) is 0. The van der Waals surface area contributed by atoms with Crippen LogP contribution in [0.3, 0.4) is 0 Å². The Bertz CT molecular complexity index is 385. The number of nitrogens with zero attached hydrogens (tertiary/aromatic N) is 1. The Morgan fingerprint density at radius 1 is 1.57 bits per heavy atom. The lowest BCUT2D eigenvalue weighted by Crippen LogP contribution is -2.09. The normalized spacial score (nSPS) is 10.4. The highest BCUT2D eigenvalue weighted by Crippen LogP contribution is 2.17. The molecule has 7 heteroatoms. The molecule has 0 unspecified atom stereocenters. The second-order valence-electron chi connectivity index (χ2n) is 2.25. The van der Waals surface area contributed by atoms with Crippen LogP contribution < -0.4 is 5.32 Å². The Kier molecular flexibility index (Phi) is 3.41. The van der Waals surface area contributed by atoms with E-state index in [9.17, 15) is 9.59 Å². The number of carboxylic acids is 1. The number of aromatic nitrogens is 2. The van der Waals surface area contributed by atoms with Crippen LogP contribution in [0.1, 0.15) is 0 Å². The molecule has 1 aromatic rings. The fourth-order valence-electron chi connectivity index (χ4n) is 0.671. The number of amides is 1. The van der Waals surface area contributed by atoms with Crippen molar-refractivity contribution in [2.24, 2.45) is 0 Å². The summed E-state index contributed by atoms with van der Waals surface area (Å²) >= 11 is 3.13. The van der Waals surface area contributed by atoms with Crippen molar-refractivity contribution >= 4 is 33.6 Å². The third-order valence-corrected chi connectivity index (χ3v) is 1.82. The summed E-state index contributed by atoms with van der Waals surface area (Å²) in [5.74, 6) is -1.34. The van der Waals surface area contributed by atoms with Gasteiger partial charge >= 0.3 is 5.97 Å². The molecule has 0 saturated carbocycles. The predicted molar refractivity (Wildman–Crippen MR) is 51.7 cm³/mol. The highest BCUT2D eigenvalue weighted by atomic mass is 79.9. The number of hydrogen-bond acceptors (Lipinski definition) is 3. The smallest absolute Gasteiger partial charge is 0.328 e. The Morgan fingerprint density at radius 2 is 2.29 bits per heavy atom. The maximum absolute atomic E-state index is 11.0. The Labute approximate surface area is 87.1 Å². The SMILES string of the molecule is O=C(O)/C=C\C(=O)Nc1[nH]ncc1Br. The largest absolute Gasteiger partial charge is 0.478 e. The molecule has 0 aliphatic carbocycles. The van der Waals surface area contributed by atoms with E-state index in [0.717, 1.165) is 12.2 Å². The van der Waals surface area contributed by atoms with Crippen LogP contribution >= 0.6 is 15.9 Å². The molecule has 0 saturated heterocycles. The first-order valence-corrected chi connectivity index (χ1v) is 4.30. The van der Waals surface area contributed by atoms with Crippen LogP contribution in [0.2, 0.25) is 0 Å². The number of H-pyrrole nitrogens is 1. The number of halogens is 1. The number of aliphatic carboxylic acids is 1. The van der Waals surface area contributed by atoms with Crippen molar-refractivity contribution in [2.75, 3.05) is 5.32 Å². The molecule has 1 rings (SSSR count). The summed E-state index contributed by atoms with van der Waals surface area (Å²) < 4.78 is 0.592. The second kappa shape index (κ2) is 4.56. The lowest BCUT2D eigenvalue weighted by molar-refractivity contribution is -0.131. The molecular formula is C7H6BrN3O3. The van der Waals surface area contributed by atoms with Gasteiger partial charge in [-0.05, 0) is 15.9 Å². The number of carbonyl (C=O) groups is 2. The van der Waals surface area contributed by atoms with Crippen LogP contribution in [0.4, 0.5) is 5.82 Å². The van der Waals surface area contributed by atoms with Gasteiger partial charge in [-0.3, -0.25) is 9.89 Å². The van der Waals surface area contributed by atoms with Crippen molar-refractivity contribution < 1.29 is 14.7 Å². The lowest BCUT2D eigenvalue weighted by Gasteiger charge is -1.97. The van der Waals surface area contributed by atoms with Gasteiger partial charge in [0.25, 0.3) is 0 Å². The molecule has 3 N–H and O–H groups in total. The molecule has 6 nitrogen and oxygen atoms in total. The van der Waals surface area contributed by atoms with E-state index in [1.165, 1.54) is 6.20 Å². The average molecular weight is 260 g/mol. The van der Waals surface area contributed by atoms with Gasteiger partial charge in [0.05, 0.1) is 10.7 Å². The van der Waals surface area contributed by atoms with Gasteiger partial charge in [-0.25, -0.2) is 4.79 Å². The van der Waals surface area contributed by atoms with E-state index in [4.69, 9.17) is 5.11 Å². The van der Waals surface area contributed by atoms with Crippen molar-refractivity contribution in [1.29, 1.82) is 0 Å². The van der Waals surface area contributed by atoms with Gasteiger partial charge < -0.3 is 10.4 Å². The number of anilines is 1. The van der Waals surface area contributed by atoms with E-state index in [2.05, 4.69) is 31.4 Å². The number of carbonyl (C=O) groups excluding carboxylic acids is 1. The third kappa shape index (κ3) is 3.02. The molecule has 0 radical (unpaired) electrons. The van der Waals surface area contributed by atoms with Gasteiger partial charge in [-0.1, -0.05) is 0 Å². The van der Waals surface area contributed by atoms with Crippen LogP contribution in [-0.4, -0.2) is 27.2 Å². The van der Waals surface area contributed by atoms with Gasteiger partial charge in [0.1, 0.15) is 5.82 Å². The zero-order valence-corrected chi connectivity index (χ0v) is 8.41. The van der Waals surface area contributed by atoms with Crippen molar-refractivity contribution in [2.45, 2.75) is 0 Å². The highest BCUT2D eigenvalue weighted by Gasteiger charge is 2.04. The summed E-state index contributed by atoms with van der Waals surface area (Å²) in [7, 11) is 0. The summed E-state index contributed by atoms with van der Waals surface area (Å²) in [6.07, 6.45) is 3.13. The molecule has 0 aliphatic rings. The first-order chi connectivity index (χ1) is 6.59. The summed E-state index contributed by atoms with van der Waals surface area (Å²) in [6.45, 7) is 0. The predicted octanol–water partition coefficient (Wildman–Crippen LogP) is 0.751. The topological polar surface area (TPSA) is 95.1 Å². The monoisotopic (exact) mass is 259 g/mol. The van der Waals surface area contributed by atoms with Crippen molar-refractivity contribution in [1.82, 2.24) is 10.2 Å². The third-order valence-electron chi connectivity index (χ3n) is 1.22. The molecule has 74 valence electrons. The summed E-state index contributed by atoms with van der Waals surface area (Å²) in [6, 6.07) is 0. The number of hydrogen-bond donors (Lipinski definition) is 3. The number of rotatable bonds is 3. The maximum atomic E-state index is 11.0. The minimum atomic E-state index is -1.18. The Morgan fingerprint density at radius 3 is 2.79 bits per heavy atom. The van der Waals surface area contributed by atoms with Crippen LogP contribution in [0.15, 0.2) is 22.8 Å². The first-order valence-electron chi connectivity index (χ1n) is 3.50. The molecule has 1 aromatic heterocycles. The van der Waals surface area contributed by atoms with E-state index in [0.29, 0.717) is 10.3 Å². The van der Waals surface area contributed by atoms with Crippen LogP contribution in [0, 0.1) is 0 Å². The van der Waals surface area contributed by atoms with Crippen LogP contribution in [0.5, 0.6) is 0 Å². The zero-order chi connectivity index (χ0) is 10.6. The summed E-state index contributed by atoms with van der Waals surface area (Å²) in [4.78, 5) is 21.1. The second-order valence-corrected chi connectivity index (χ2v) is 3.11. The van der Waals surface area contributed by atoms with E-state index in [1.54, 1.807) is 0 Å². The summed E-state index contributed by atoms with van der Waals surface area (Å²) in [5, 5.41) is 16.8. The van der Waals surface area contributed by atoms with E-state index in [1.807, 2.05) is 0 Å². The average Bonchev–Trinajstić information content (AvgIpc) is 2.49. The van der Waals surface area contributed by atoms with Gasteiger partial charge in [0.15, 0.2) is 0 Å². The quantitative estimate of drug-likeness (QED) is 0.699. The molecule has 0 fully saturated rings. The van der Waals surface area contributed by atoms with Crippen LogP contribution in [-0.2, 0) is 9.59 Å². The number of carboxylic acid groups (broad SMARTS) is 1. The Balaban J connectivity index is 2.58. The number of aromatic amines is 1.